The lowest BCUT2D eigenvalue weighted by Crippen LogP contribution is -2.50. The second-order valence-corrected chi connectivity index (χ2v) is 11.0. The fourth-order valence-corrected chi connectivity index (χ4v) is 5.60. The summed E-state index contributed by atoms with van der Waals surface area (Å²) >= 11 is 0. The molecule has 1 aliphatic heterocycles. The van der Waals surface area contributed by atoms with Gasteiger partial charge in [0.25, 0.3) is 0 Å². The van der Waals surface area contributed by atoms with Gasteiger partial charge in [0.15, 0.2) is 0 Å². The number of amides is 2. The highest BCUT2D eigenvalue weighted by molar-refractivity contribution is 5.76. The van der Waals surface area contributed by atoms with Gasteiger partial charge in [-0.05, 0) is 48.9 Å². The van der Waals surface area contributed by atoms with Crippen molar-refractivity contribution in [3.05, 3.63) is 143 Å². The first-order valence-corrected chi connectivity index (χ1v) is 14.0. The van der Waals surface area contributed by atoms with E-state index in [4.69, 9.17) is 0 Å². The van der Waals surface area contributed by atoms with Crippen molar-refractivity contribution in [3.8, 4) is 0 Å². The van der Waals surface area contributed by atoms with E-state index in [9.17, 15) is 15.0 Å². The highest BCUT2D eigenvalue weighted by atomic mass is 16.3. The molecule has 4 atom stereocenters. The standard InChI is InChI=1S/C35H38N2O3/c1-25-13-17-29(18-14-25)23-36-31(21-27-9-5-3-6-10-27)33(38)34(39)32(22-28-11-7-4-8-12-28)37(35(36)40)24-30-19-15-26(2)16-20-30/h3-20,31-34,38-39H,21-24H2,1-2H3. The average molecular weight is 535 g/mol. The number of aliphatic hydroxyl groups excluding tert-OH is 2. The molecular formula is C35H38N2O3. The van der Waals surface area contributed by atoms with Crippen LogP contribution in [0.4, 0.5) is 4.79 Å². The van der Waals surface area contributed by atoms with E-state index in [2.05, 4.69) is 0 Å². The lowest BCUT2D eigenvalue weighted by molar-refractivity contribution is -0.0408. The summed E-state index contributed by atoms with van der Waals surface area (Å²) in [5.74, 6) is 0. The Labute approximate surface area is 237 Å². The van der Waals surface area contributed by atoms with E-state index in [0.29, 0.717) is 25.9 Å². The van der Waals surface area contributed by atoms with Crippen LogP contribution in [0.25, 0.3) is 0 Å². The highest BCUT2D eigenvalue weighted by Gasteiger charge is 2.46. The predicted octanol–water partition coefficient (Wildman–Crippen LogP) is 5.69. The van der Waals surface area contributed by atoms with Crippen LogP contribution in [-0.4, -0.2) is 50.3 Å². The molecule has 1 saturated heterocycles. The second kappa shape index (κ2) is 12.5. The van der Waals surface area contributed by atoms with Crippen LogP contribution in [0.3, 0.4) is 0 Å². The van der Waals surface area contributed by atoms with Crippen LogP contribution >= 0.6 is 0 Å². The van der Waals surface area contributed by atoms with Gasteiger partial charge in [-0.15, -0.1) is 0 Å². The van der Waals surface area contributed by atoms with Crippen molar-refractivity contribution in [1.29, 1.82) is 0 Å². The average Bonchev–Trinajstić information content (AvgIpc) is 3.03. The van der Waals surface area contributed by atoms with Crippen molar-refractivity contribution in [2.75, 3.05) is 0 Å². The number of carbonyl (C=O) groups excluding carboxylic acids is 1. The van der Waals surface area contributed by atoms with Crippen LogP contribution in [0, 0.1) is 13.8 Å². The van der Waals surface area contributed by atoms with E-state index in [1.54, 1.807) is 9.80 Å². The summed E-state index contributed by atoms with van der Waals surface area (Å²) in [7, 11) is 0. The van der Waals surface area contributed by atoms with Gasteiger partial charge >= 0.3 is 6.03 Å². The SMILES string of the molecule is Cc1ccc(CN2C(=O)N(Cc3ccc(C)cc3)C(Cc3ccccc3)C(O)C(O)C2Cc2ccccc2)cc1. The second-order valence-electron chi connectivity index (χ2n) is 11.0. The number of nitrogens with zero attached hydrogens (tertiary/aromatic N) is 2. The molecule has 4 aromatic rings. The maximum Gasteiger partial charge on any atom is 0.321 e. The Morgan fingerprint density at radius 1 is 0.525 bits per heavy atom. The predicted molar refractivity (Wildman–Crippen MR) is 159 cm³/mol. The third kappa shape index (κ3) is 6.44. The number of carbonyl (C=O) groups is 1. The van der Waals surface area contributed by atoms with Gasteiger partial charge in [-0.3, -0.25) is 0 Å². The van der Waals surface area contributed by atoms with Crippen LogP contribution < -0.4 is 0 Å². The molecule has 5 nitrogen and oxygen atoms in total. The van der Waals surface area contributed by atoms with Crippen LogP contribution in [-0.2, 0) is 25.9 Å². The molecule has 0 spiro atoms. The van der Waals surface area contributed by atoms with E-state index in [0.717, 1.165) is 33.4 Å². The first-order valence-electron chi connectivity index (χ1n) is 14.0. The minimum Gasteiger partial charge on any atom is -0.388 e. The maximum atomic E-state index is 14.6. The van der Waals surface area contributed by atoms with Gasteiger partial charge < -0.3 is 20.0 Å². The van der Waals surface area contributed by atoms with Crippen LogP contribution in [0.1, 0.15) is 33.4 Å². The van der Waals surface area contributed by atoms with Gasteiger partial charge in [0.2, 0.25) is 0 Å². The van der Waals surface area contributed by atoms with E-state index in [1.807, 2.05) is 123 Å². The van der Waals surface area contributed by atoms with E-state index >= 15 is 0 Å². The summed E-state index contributed by atoms with van der Waals surface area (Å²) in [6, 6.07) is 34.7. The summed E-state index contributed by atoms with van der Waals surface area (Å²) in [4.78, 5) is 18.1. The molecule has 2 N–H and O–H groups in total. The molecule has 0 saturated carbocycles. The van der Waals surface area contributed by atoms with Gasteiger partial charge in [0.05, 0.1) is 12.1 Å². The van der Waals surface area contributed by atoms with Crippen LogP contribution in [0.5, 0.6) is 0 Å². The molecule has 1 heterocycles. The zero-order valence-electron chi connectivity index (χ0n) is 23.2. The maximum absolute atomic E-state index is 14.6. The molecule has 2 amide bonds. The molecule has 4 unspecified atom stereocenters. The van der Waals surface area contributed by atoms with Crippen molar-refractivity contribution >= 4 is 6.03 Å². The van der Waals surface area contributed by atoms with Crippen molar-refractivity contribution < 1.29 is 15.0 Å². The molecule has 1 fully saturated rings. The van der Waals surface area contributed by atoms with Crippen LogP contribution in [0.2, 0.25) is 0 Å². The van der Waals surface area contributed by atoms with E-state index in [1.165, 1.54) is 0 Å². The first-order chi connectivity index (χ1) is 19.4. The number of aliphatic hydroxyl groups is 2. The molecule has 0 bridgehead atoms. The number of benzene rings is 4. The molecular weight excluding hydrogens is 496 g/mol. The van der Waals surface area contributed by atoms with Crippen molar-refractivity contribution in [2.24, 2.45) is 0 Å². The van der Waals surface area contributed by atoms with Crippen molar-refractivity contribution in [2.45, 2.75) is 64.1 Å². The Balaban J connectivity index is 1.57. The van der Waals surface area contributed by atoms with E-state index < -0.39 is 24.3 Å². The lowest BCUT2D eigenvalue weighted by Gasteiger charge is -2.36. The van der Waals surface area contributed by atoms with Gasteiger partial charge in [0.1, 0.15) is 12.2 Å². The zero-order valence-corrected chi connectivity index (χ0v) is 23.2. The third-order valence-electron chi connectivity index (χ3n) is 7.95. The molecule has 5 rings (SSSR count). The van der Waals surface area contributed by atoms with E-state index in [-0.39, 0.29) is 6.03 Å². The third-order valence-corrected chi connectivity index (χ3v) is 7.95. The van der Waals surface area contributed by atoms with Gasteiger partial charge in [-0.2, -0.15) is 0 Å². The Morgan fingerprint density at radius 3 is 1.23 bits per heavy atom. The molecule has 0 radical (unpaired) electrons. The first kappa shape index (κ1) is 27.6. The Hall–Kier alpha value is -3.93. The molecule has 1 aliphatic rings. The number of hydrogen-bond donors (Lipinski definition) is 2. The fourth-order valence-electron chi connectivity index (χ4n) is 5.60. The quantitative estimate of drug-likeness (QED) is 0.306. The Kier molecular flexibility index (Phi) is 8.63. The topological polar surface area (TPSA) is 64.0 Å². The lowest BCUT2D eigenvalue weighted by atomic mass is 9.91. The molecule has 5 heteroatoms. The normalized spacial score (nSPS) is 21.4. The molecule has 206 valence electrons. The number of hydrogen-bond acceptors (Lipinski definition) is 3. The molecule has 0 aliphatic carbocycles. The minimum absolute atomic E-state index is 0.182. The monoisotopic (exact) mass is 534 g/mol. The molecule has 40 heavy (non-hydrogen) atoms. The molecule has 4 aromatic carbocycles. The van der Waals surface area contributed by atoms with Crippen molar-refractivity contribution in [1.82, 2.24) is 9.80 Å². The minimum atomic E-state index is -1.13. The Bertz CT molecular complexity index is 1270. The zero-order chi connectivity index (χ0) is 28.1. The van der Waals surface area contributed by atoms with Crippen molar-refractivity contribution in [3.63, 3.8) is 0 Å². The van der Waals surface area contributed by atoms with Crippen LogP contribution in [0.15, 0.2) is 109 Å². The van der Waals surface area contributed by atoms with Gasteiger partial charge in [0, 0.05) is 13.1 Å². The summed E-state index contributed by atoms with van der Waals surface area (Å²) in [5, 5.41) is 23.6. The van der Waals surface area contributed by atoms with Gasteiger partial charge in [-0.25, -0.2) is 4.79 Å². The number of urea groups is 1. The smallest absolute Gasteiger partial charge is 0.321 e. The fraction of sp³-hybridized carbons (Fsp3) is 0.286. The summed E-state index contributed by atoms with van der Waals surface area (Å²) in [5.41, 5.74) is 6.27. The summed E-state index contributed by atoms with van der Waals surface area (Å²) < 4.78 is 0. The number of aryl methyl sites for hydroxylation is 2. The van der Waals surface area contributed by atoms with Gasteiger partial charge in [-0.1, -0.05) is 120 Å². The summed E-state index contributed by atoms with van der Waals surface area (Å²) in [6.07, 6.45) is -1.39. The Morgan fingerprint density at radius 2 is 0.875 bits per heavy atom. The summed E-state index contributed by atoms with van der Waals surface area (Å²) in [6.45, 7) is 4.75. The molecule has 0 aromatic heterocycles. The number of rotatable bonds is 8. The highest BCUT2D eigenvalue weighted by Crippen LogP contribution is 2.30. The largest absolute Gasteiger partial charge is 0.388 e.